The maximum atomic E-state index is 5.88. The van der Waals surface area contributed by atoms with E-state index in [0.29, 0.717) is 4.99 Å². The standard InChI is InChI=1S/C15H25N3S/c1-4-6-10-18(11-7-5-2)15-13(14(16)19)12(3)8-9-17-15/h8-9H,4-7,10-11H2,1-3H3,(H2,16,19). The molecular weight excluding hydrogens is 254 g/mol. The first-order valence-corrected chi connectivity index (χ1v) is 7.53. The molecule has 3 nitrogen and oxygen atoms in total. The summed E-state index contributed by atoms with van der Waals surface area (Å²) in [5.41, 5.74) is 7.92. The number of pyridine rings is 1. The first-order chi connectivity index (χ1) is 9.11. The van der Waals surface area contributed by atoms with Crippen molar-refractivity contribution < 1.29 is 0 Å². The number of aryl methyl sites for hydroxylation is 1. The molecule has 0 bridgehead atoms. The van der Waals surface area contributed by atoms with E-state index in [9.17, 15) is 0 Å². The fourth-order valence-corrected chi connectivity index (χ4v) is 2.36. The molecule has 1 heterocycles. The Bertz CT molecular complexity index is 410. The second-order valence-corrected chi connectivity index (χ2v) is 5.32. The Morgan fingerprint density at radius 3 is 2.32 bits per heavy atom. The fraction of sp³-hybridized carbons (Fsp3) is 0.600. The van der Waals surface area contributed by atoms with Crippen molar-refractivity contribution in [2.24, 2.45) is 5.73 Å². The summed E-state index contributed by atoms with van der Waals surface area (Å²) in [4.78, 5) is 7.30. The first-order valence-electron chi connectivity index (χ1n) is 7.12. The van der Waals surface area contributed by atoms with Crippen LogP contribution < -0.4 is 10.6 Å². The van der Waals surface area contributed by atoms with Gasteiger partial charge in [0.05, 0.1) is 5.56 Å². The van der Waals surface area contributed by atoms with Crippen LogP contribution >= 0.6 is 12.2 Å². The van der Waals surface area contributed by atoms with Crippen LogP contribution in [0, 0.1) is 6.92 Å². The molecule has 0 aliphatic heterocycles. The summed E-state index contributed by atoms with van der Waals surface area (Å²) in [5.74, 6) is 0.953. The zero-order chi connectivity index (χ0) is 14.3. The Kier molecular flexibility index (Phi) is 6.78. The van der Waals surface area contributed by atoms with Crippen molar-refractivity contribution in [1.29, 1.82) is 0 Å². The summed E-state index contributed by atoms with van der Waals surface area (Å²) in [7, 11) is 0. The van der Waals surface area contributed by atoms with Crippen LogP contribution in [0.25, 0.3) is 0 Å². The van der Waals surface area contributed by atoms with E-state index >= 15 is 0 Å². The van der Waals surface area contributed by atoms with Gasteiger partial charge in [-0.2, -0.15) is 0 Å². The predicted molar refractivity (Wildman–Crippen MR) is 86.9 cm³/mol. The highest BCUT2D eigenvalue weighted by Gasteiger charge is 2.15. The largest absolute Gasteiger partial charge is 0.389 e. The Morgan fingerprint density at radius 2 is 1.84 bits per heavy atom. The maximum Gasteiger partial charge on any atom is 0.139 e. The molecule has 1 aromatic heterocycles. The highest BCUT2D eigenvalue weighted by molar-refractivity contribution is 7.80. The van der Waals surface area contributed by atoms with Crippen LogP contribution in [-0.2, 0) is 0 Å². The van der Waals surface area contributed by atoms with Gasteiger partial charge in [0.15, 0.2) is 0 Å². The Labute approximate surface area is 122 Å². The Balaban J connectivity index is 3.06. The molecule has 0 atom stereocenters. The van der Waals surface area contributed by atoms with Crippen molar-refractivity contribution in [3.63, 3.8) is 0 Å². The van der Waals surface area contributed by atoms with E-state index in [0.717, 1.165) is 42.9 Å². The number of rotatable bonds is 8. The SMILES string of the molecule is CCCCN(CCCC)c1nccc(C)c1C(N)=S. The fourth-order valence-electron chi connectivity index (χ4n) is 2.11. The average molecular weight is 279 g/mol. The van der Waals surface area contributed by atoms with E-state index in [4.69, 9.17) is 18.0 Å². The lowest BCUT2D eigenvalue weighted by Crippen LogP contribution is -2.29. The van der Waals surface area contributed by atoms with E-state index < -0.39 is 0 Å². The first kappa shape index (κ1) is 15.9. The molecule has 1 rings (SSSR count). The zero-order valence-electron chi connectivity index (χ0n) is 12.3. The summed E-state index contributed by atoms with van der Waals surface area (Å²) in [6, 6.07) is 1.97. The molecule has 19 heavy (non-hydrogen) atoms. The van der Waals surface area contributed by atoms with Crippen LogP contribution in [0.1, 0.15) is 50.7 Å². The Hall–Kier alpha value is -1.16. The number of anilines is 1. The molecule has 0 amide bonds. The highest BCUT2D eigenvalue weighted by Crippen LogP contribution is 2.22. The van der Waals surface area contributed by atoms with Gasteiger partial charge in [-0.15, -0.1) is 0 Å². The van der Waals surface area contributed by atoms with Crippen LogP contribution in [0.2, 0.25) is 0 Å². The molecule has 0 aromatic carbocycles. The molecule has 4 heteroatoms. The zero-order valence-corrected chi connectivity index (χ0v) is 13.1. The van der Waals surface area contributed by atoms with Crippen molar-refractivity contribution in [3.8, 4) is 0 Å². The smallest absolute Gasteiger partial charge is 0.139 e. The molecule has 1 aromatic rings. The minimum atomic E-state index is 0.443. The van der Waals surface area contributed by atoms with Gasteiger partial charge < -0.3 is 10.6 Å². The topological polar surface area (TPSA) is 42.2 Å². The molecule has 0 saturated carbocycles. The summed E-state index contributed by atoms with van der Waals surface area (Å²) in [5, 5.41) is 0. The monoisotopic (exact) mass is 279 g/mol. The van der Waals surface area contributed by atoms with E-state index in [1.54, 1.807) is 0 Å². The third-order valence-corrected chi connectivity index (χ3v) is 3.45. The molecule has 0 fully saturated rings. The third-order valence-electron chi connectivity index (χ3n) is 3.25. The predicted octanol–water partition coefficient (Wildman–Crippen LogP) is 3.43. The summed E-state index contributed by atoms with van der Waals surface area (Å²) in [6.07, 6.45) is 6.53. The third kappa shape index (κ3) is 4.46. The lowest BCUT2D eigenvalue weighted by atomic mass is 10.1. The van der Waals surface area contributed by atoms with Gasteiger partial charge in [0.2, 0.25) is 0 Å². The number of hydrogen-bond donors (Lipinski definition) is 1. The normalized spacial score (nSPS) is 10.5. The van der Waals surface area contributed by atoms with Crippen molar-refractivity contribution in [1.82, 2.24) is 4.98 Å². The lowest BCUT2D eigenvalue weighted by Gasteiger charge is -2.26. The molecular formula is C15H25N3S. The van der Waals surface area contributed by atoms with Gasteiger partial charge in [0, 0.05) is 19.3 Å². The molecule has 2 N–H and O–H groups in total. The van der Waals surface area contributed by atoms with Crippen LogP contribution in [-0.4, -0.2) is 23.1 Å². The second-order valence-electron chi connectivity index (χ2n) is 4.88. The minimum Gasteiger partial charge on any atom is -0.389 e. The number of hydrogen-bond acceptors (Lipinski definition) is 3. The van der Waals surface area contributed by atoms with E-state index in [1.165, 1.54) is 12.8 Å². The second kappa shape index (κ2) is 8.10. The van der Waals surface area contributed by atoms with Crippen LogP contribution in [0.5, 0.6) is 0 Å². The quantitative estimate of drug-likeness (QED) is 0.740. The number of nitrogens with two attached hydrogens (primary N) is 1. The van der Waals surface area contributed by atoms with Gasteiger partial charge in [-0.3, -0.25) is 0 Å². The summed E-state index contributed by atoms with van der Waals surface area (Å²) in [6.45, 7) is 8.48. The van der Waals surface area contributed by atoms with Crippen molar-refractivity contribution in [3.05, 3.63) is 23.4 Å². The molecule has 0 spiro atoms. The Morgan fingerprint density at radius 1 is 1.26 bits per heavy atom. The summed E-state index contributed by atoms with van der Waals surface area (Å²) < 4.78 is 0. The van der Waals surface area contributed by atoms with E-state index in [2.05, 4.69) is 23.7 Å². The van der Waals surface area contributed by atoms with Gasteiger partial charge in [-0.25, -0.2) is 4.98 Å². The van der Waals surface area contributed by atoms with Crippen LogP contribution in [0.4, 0.5) is 5.82 Å². The minimum absolute atomic E-state index is 0.443. The van der Waals surface area contributed by atoms with Gasteiger partial charge in [-0.05, 0) is 31.4 Å². The number of aromatic nitrogens is 1. The van der Waals surface area contributed by atoms with Crippen molar-refractivity contribution in [2.75, 3.05) is 18.0 Å². The van der Waals surface area contributed by atoms with Gasteiger partial charge in [-0.1, -0.05) is 38.9 Å². The van der Waals surface area contributed by atoms with Gasteiger partial charge >= 0.3 is 0 Å². The highest BCUT2D eigenvalue weighted by atomic mass is 32.1. The molecule has 0 saturated heterocycles. The van der Waals surface area contributed by atoms with E-state index in [1.807, 2.05) is 19.2 Å². The molecule has 0 aliphatic carbocycles. The number of thiocarbonyl (C=S) groups is 1. The lowest BCUT2D eigenvalue weighted by molar-refractivity contribution is 0.670. The maximum absolute atomic E-state index is 5.88. The van der Waals surface area contributed by atoms with Gasteiger partial charge in [0.25, 0.3) is 0 Å². The molecule has 0 unspecified atom stereocenters. The average Bonchev–Trinajstić information content (AvgIpc) is 2.38. The van der Waals surface area contributed by atoms with Gasteiger partial charge in [0.1, 0.15) is 10.8 Å². The molecule has 106 valence electrons. The van der Waals surface area contributed by atoms with Crippen molar-refractivity contribution in [2.45, 2.75) is 46.5 Å². The number of nitrogens with zero attached hydrogens (tertiary/aromatic N) is 2. The summed E-state index contributed by atoms with van der Waals surface area (Å²) >= 11 is 5.19. The van der Waals surface area contributed by atoms with Crippen LogP contribution in [0.15, 0.2) is 12.3 Å². The van der Waals surface area contributed by atoms with E-state index in [-0.39, 0.29) is 0 Å². The molecule has 0 radical (unpaired) electrons. The van der Waals surface area contributed by atoms with Crippen LogP contribution in [0.3, 0.4) is 0 Å². The number of unbranched alkanes of at least 4 members (excludes halogenated alkanes) is 2. The van der Waals surface area contributed by atoms with Crippen molar-refractivity contribution >= 4 is 23.0 Å². The molecule has 0 aliphatic rings.